The summed E-state index contributed by atoms with van der Waals surface area (Å²) in [5, 5.41) is 8.93. The molecule has 2 aliphatic heterocycles. The minimum atomic E-state index is -0.322. The molecule has 0 spiro atoms. The van der Waals surface area contributed by atoms with Gasteiger partial charge in [-0.15, -0.1) is 0 Å². The summed E-state index contributed by atoms with van der Waals surface area (Å²) >= 11 is 0. The fourth-order valence-corrected chi connectivity index (χ4v) is 2.24. The van der Waals surface area contributed by atoms with Crippen LogP contribution in [-0.2, 0) is 4.74 Å². The van der Waals surface area contributed by atoms with E-state index < -0.39 is 0 Å². The van der Waals surface area contributed by atoms with Gasteiger partial charge in [0, 0.05) is 6.04 Å². The third kappa shape index (κ3) is 2.23. The predicted octanol–water partition coefficient (Wildman–Crippen LogP) is -0.106. The Hall–Kier alpha value is -0.810. The molecule has 0 aromatic carbocycles. The van der Waals surface area contributed by atoms with Gasteiger partial charge in [-0.1, -0.05) is 0 Å². The lowest BCUT2D eigenvalue weighted by atomic mass is 10.0. The first-order chi connectivity index (χ1) is 7.20. The van der Waals surface area contributed by atoms with Crippen LogP contribution in [-0.4, -0.2) is 66.4 Å². The molecule has 2 heterocycles. The van der Waals surface area contributed by atoms with Crippen molar-refractivity contribution in [1.29, 1.82) is 0 Å². The van der Waals surface area contributed by atoms with Crippen LogP contribution in [0, 0.1) is 0 Å². The van der Waals surface area contributed by atoms with Crippen molar-refractivity contribution in [3.8, 4) is 0 Å². The third-order valence-electron chi connectivity index (χ3n) is 3.23. The van der Waals surface area contributed by atoms with Crippen molar-refractivity contribution in [2.24, 2.45) is 0 Å². The van der Waals surface area contributed by atoms with Gasteiger partial charge in [-0.3, -0.25) is 0 Å². The Morgan fingerprint density at radius 2 is 2.13 bits per heavy atom. The second-order valence-corrected chi connectivity index (χ2v) is 4.38. The maximum absolute atomic E-state index is 11.5. The lowest BCUT2D eigenvalue weighted by Gasteiger charge is -2.33. The van der Waals surface area contributed by atoms with Gasteiger partial charge in [0.15, 0.2) is 0 Å². The first kappa shape index (κ1) is 10.7. The fraction of sp³-hybridized carbons (Fsp3) is 0.900. The number of cyclic esters (lactones) is 1. The van der Waals surface area contributed by atoms with Crippen molar-refractivity contribution in [2.75, 3.05) is 33.3 Å². The Morgan fingerprint density at radius 3 is 2.67 bits per heavy atom. The first-order valence-electron chi connectivity index (χ1n) is 5.47. The molecule has 0 aromatic rings. The number of likely N-dealkylation sites (tertiary alicyclic amines) is 1. The van der Waals surface area contributed by atoms with Gasteiger partial charge in [0.05, 0.1) is 13.2 Å². The highest BCUT2D eigenvalue weighted by molar-refractivity contribution is 5.70. The molecule has 2 rings (SSSR count). The molecule has 15 heavy (non-hydrogen) atoms. The number of carbonyl (C=O) groups excluding carboxylic acids is 1. The standard InChI is InChI=1S/C10H18N2O3/c1-11-4-2-8(3-5-11)12-6-9(7-13)15-10(12)14/h8-9,13H,2-7H2,1H3/t9-/m1/s1. The van der Waals surface area contributed by atoms with E-state index in [4.69, 9.17) is 9.84 Å². The minimum Gasteiger partial charge on any atom is -0.442 e. The molecule has 5 heteroatoms. The molecule has 0 unspecified atom stereocenters. The smallest absolute Gasteiger partial charge is 0.410 e. The van der Waals surface area contributed by atoms with Crippen LogP contribution in [0.3, 0.4) is 0 Å². The summed E-state index contributed by atoms with van der Waals surface area (Å²) in [6.07, 6.45) is 1.42. The van der Waals surface area contributed by atoms with E-state index in [9.17, 15) is 4.79 Å². The molecule has 0 aliphatic carbocycles. The van der Waals surface area contributed by atoms with E-state index in [1.165, 1.54) is 0 Å². The van der Waals surface area contributed by atoms with E-state index in [0.29, 0.717) is 12.6 Å². The van der Waals surface area contributed by atoms with Crippen molar-refractivity contribution >= 4 is 6.09 Å². The largest absolute Gasteiger partial charge is 0.442 e. The quantitative estimate of drug-likeness (QED) is 0.697. The molecule has 1 N–H and O–H groups in total. The summed E-state index contributed by atoms with van der Waals surface area (Å²) in [6, 6.07) is 0.297. The number of hydrogen-bond acceptors (Lipinski definition) is 4. The Bertz CT molecular complexity index is 239. The number of nitrogens with zero attached hydrogens (tertiary/aromatic N) is 2. The molecule has 2 fully saturated rings. The van der Waals surface area contributed by atoms with Crippen LogP contribution in [0.25, 0.3) is 0 Å². The van der Waals surface area contributed by atoms with E-state index in [2.05, 4.69) is 11.9 Å². The second kappa shape index (κ2) is 4.37. The van der Waals surface area contributed by atoms with Crippen LogP contribution in [0.1, 0.15) is 12.8 Å². The van der Waals surface area contributed by atoms with Gasteiger partial charge >= 0.3 is 6.09 Å². The van der Waals surface area contributed by atoms with Crippen LogP contribution in [0.5, 0.6) is 0 Å². The van der Waals surface area contributed by atoms with Crippen LogP contribution < -0.4 is 0 Å². The monoisotopic (exact) mass is 214 g/mol. The molecule has 0 radical (unpaired) electrons. The summed E-state index contributed by atoms with van der Waals surface area (Å²) in [7, 11) is 2.09. The normalized spacial score (nSPS) is 29.6. The van der Waals surface area contributed by atoms with Crippen LogP contribution in [0.15, 0.2) is 0 Å². The fourth-order valence-electron chi connectivity index (χ4n) is 2.24. The topological polar surface area (TPSA) is 53.0 Å². The molecule has 2 aliphatic rings. The molecule has 0 bridgehead atoms. The minimum absolute atomic E-state index is 0.0745. The van der Waals surface area contributed by atoms with E-state index in [0.717, 1.165) is 25.9 Å². The van der Waals surface area contributed by atoms with Crippen molar-refractivity contribution in [3.63, 3.8) is 0 Å². The zero-order valence-corrected chi connectivity index (χ0v) is 9.06. The molecule has 86 valence electrons. The third-order valence-corrected chi connectivity index (χ3v) is 3.23. The maximum atomic E-state index is 11.5. The average Bonchev–Trinajstić information content (AvgIpc) is 2.61. The number of aliphatic hydroxyl groups excluding tert-OH is 1. The number of piperidine rings is 1. The SMILES string of the molecule is CN1CCC(N2C[C@H](CO)OC2=O)CC1. The zero-order valence-electron chi connectivity index (χ0n) is 9.06. The van der Waals surface area contributed by atoms with Gasteiger partial charge in [0.2, 0.25) is 0 Å². The maximum Gasteiger partial charge on any atom is 0.410 e. The van der Waals surface area contributed by atoms with Gasteiger partial charge in [-0.2, -0.15) is 0 Å². The lowest BCUT2D eigenvalue weighted by Crippen LogP contribution is -2.44. The van der Waals surface area contributed by atoms with Crippen molar-refractivity contribution < 1.29 is 14.6 Å². The molecule has 0 saturated carbocycles. The van der Waals surface area contributed by atoms with E-state index in [1.54, 1.807) is 4.90 Å². The summed E-state index contributed by atoms with van der Waals surface area (Å²) in [6.45, 7) is 2.52. The summed E-state index contributed by atoms with van der Waals surface area (Å²) in [4.78, 5) is 15.5. The number of amides is 1. The van der Waals surface area contributed by atoms with Crippen LogP contribution in [0.2, 0.25) is 0 Å². The summed E-state index contributed by atoms with van der Waals surface area (Å²) < 4.78 is 5.03. The number of carbonyl (C=O) groups is 1. The molecule has 0 aromatic heterocycles. The Kier molecular flexibility index (Phi) is 3.11. The van der Waals surface area contributed by atoms with Crippen molar-refractivity contribution in [1.82, 2.24) is 9.80 Å². The van der Waals surface area contributed by atoms with E-state index >= 15 is 0 Å². The number of rotatable bonds is 2. The highest BCUT2D eigenvalue weighted by Crippen LogP contribution is 2.21. The van der Waals surface area contributed by atoms with Crippen molar-refractivity contribution in [2.45, 2.75) is 25.0 Å². The average molecular weight is 214 g/mol. The first-order valence-corrected chi connectivity index (χ1v) is 5.47. The molecule has 2 saturated heterocycles. The summed E-state index contributed by atoms with van der Waals surface area (Å²) in [5.41, 5.74) is 0. The van der Waals surface area contributed by atoms with E-state index in [-0.39, 0.29) is 18.8 Å². The highest BCUT2D eigenvalue weighted by Gasteiger charge is 2.36. The second-order valence-electron chi connectivity index (χ2n) is 4.38. The Morgan fingerprint density at radius 1 is 1.47 bits per heavy atom. The Labute approximate surface area is 89.6 Å². The van der Waals surface area contributed by atoms with Gasteiger partial charge in [0.25, 0.3) is 0 Å². The molecular formula is C10H18N2O3. The van der Waals surface area contributed by atoms with Crippen molar-refractivity contribution in [3.05, 3.63) is 0 Å². The Balaban J connectivity index is 1.91. The molecule has 5 nitrogen and oxygen atoms in total. The summed E-state index contributed by atoms with van der Waals surface area (Å²) in [5.74, 6) is 0. The van der Waals surface area contributed by atoms with Crippen LogP contribution >= 0.6 is 0 Å². The van der Waals surface area contributed by atoms with Crippen LogP contribution in [0.4, 0.5) is 4.79 Å². The van der Waals surface area contributed by atoms with Gasteiger partial charge in [-0.05, 0) is 33.0 Å². The van der Waals surface area contributed by atoms with Gasteiger partial charge in [0.1, 0.15) is 6.10 Å². The van der Waals surface area contributed by atoms with Gasteiger partial charge in [-0.25, -0.2) is 4.79 Å². The zero-order chi connectivity index (χ0) is 10.8. The predicted molar refractivity (Wildman–Crippen MR) is 54.6 cm³/mol. The number of ether oxygens (including phenoxy) is 1. The molecular weight excluding hydrogens is 196 g/mol. The number of aliphatic hydroxyl groups is 1. The lowest BCUT2D eigenvalue weighted by molar-refractivity contribution is 0.0924. The number of hydrogen-bond donors (Lipinski definition) is 1. The molecule has 1 atom stereocenters. The van der Waals surface area contributed by atoms with Gasteiger partial charge < -0.3 is 19.6 Å². The highest BCUT2D eigenvalue weighted by atomic mass is 16.6. The molecule has 1 amide bonds. The van der Waals surface area contributed by atoms with E-state index in [1.807, 2.05) is 0 Å².